The monoisotopic (exact) mass is 375 g/mol. The lowest BCUT2D eigenvalue weighted by atomic mass is 9.75. The number of nitrogens with one attached hydrogen (secondary N) is 3. The molecule has 2 aromatic rings. The smallest absolute Gasteiger partial charge is 0.233 e. The second kappa shape index (κ2) is 9.89. The summed E-state index contributed by atoms with van der Waals surface area (Å²) in [6, 6.07) is 3.58. The first-order valence-electron chi connectivity index (χ1n) is 9.39. The number of H-pyrrole nitrogens is 1. The first kappa shape index (κ1) is 20.7. The molecule has 1 fully saturated rings. The molecule has 0 radical (unpaired) electrons. The molecule has 3 rings (SSSR count). The first-order chi connectivity index (χ1) is 12.9. The molecule has 2 heterocycles. The minimum absolute atomic E-state index is 0.0808. The molecule has 0 unspecified atom stereocenters. The van der Waals surface area contributed by atoms with E-state index in [9.17, 15) is 9.59 Å². The van der Waals surface area contributed by atoms with Crippen LogP contribution in [0.25, 0.3) is 0 Å². The topological polar surface area (TPSA) is 113 Å². The molecule has 1 saturated carbocycles. The van der Waals surface area contributed by atoms with Gasteiger partial charge in [0.1, 0.15) is 11.6 Å². The van der Waals surface area contributed by atoms with Crippen molar-refractivity contribution in [1.29, 1.82) is 0 Å². The van der Waals surface area contributed by atoms with Gasteiger partial charge in [-0.1, -0.05) is 31.3 Å². The zero-order chi connectivity index (χ0) is 19.7. The van der Waals surface area contributed by atoms with E-state index in [1.165, 1.54) is 25.5 Å². The highest BCUT2D eigenvalue weighted by Gasteiger charge is 2.34. The van der Waals surface area contributed by atoms with E-state index >= 15 is 0 Å². The summed E-state index contributed by atoms with van der Waals surface area (Å²) in [7, 11) is 0. The molecule has 0 spiro atoms. The Morgan fingerprint density at radius 1 is 1.22 bits per heavy atom. The van der Waals surface area contributed by atoms with Crippen LogP contribution in [-0.2, 0) is 16.0 Å². The van der Waals surface area contributed by atoms with Gasteiger partial charge in [0.25, 0.3) is 0 Å². The molecule has 0 atom stereocenters. The second-order valence-electron chi connectivity index (χ2n) is 7.42. The van der Waals surface area contributed by atoms with Gasteiger partial charge in [-0.2, -0.15) is 5.10 Å². The first-order valence-corrected chi connectivity index (χ1v) is 9.39. The SMILES string of the molecule is CC(C)NC(=O)C1(C)CCCCC1.O=C(Cc1ccno1)Nc1ccn[nH]1. The van der Waals surface area contributed by atoms with Crippen LogP contribution in [0, 0.1) is 5.41 Å². The van der Waals surface area contributed by atoms with Gasteiger partial charge in [-0.15, -0.1) is 0 Å². The molecule has 0 saturated heterocycles. The predicted octanol–water partition coefficient (Wildman–Crippen LogP) is 3.06. The van der Waals surface area contributed by atoms with Gasteiger partial charge in [0, 0.05) is 23.6 Å². The molecular formula is C19H29N5O3. The maximum absolute atomic E-state index is 11.8. The Morgan fingerprint density at radius 2 is 1.96 bits per heavy atom. The minimum atomic E-state index is -0.175. The summed E-state index contributed by atoms with van der Waals surface area (Å²) < 4.78 is 4.79. The lowest BCUT2D eigenvalue weighted by Crippen LogP contribution is -2.43. The second-order valence-corrected chi connectivity index (χ2v) is 7.42. The van der Waals surface area contributed by atoms with Crippen molar-refractivity contribution in [3.63, 3.8) is 0 Å². The number of hydrogen-bond donors (Lipinski definition) is 3. The summed E-state index contributed by atoms with van der Waals surface area (Å²) in [6.07, 6.45) is 9.06. The summed E-state index contributed by atoms with van der Waals surface area (Å²) in [5, 5.41) is 15.4. The average molecular weight is 375 g/mol. The minimum Gasteiger partial charge on any atom is -0.361 e. The van der Waals surface area contributed by atoms with E-state index < -0.39 is 0 Å². The summed E-state index contributed by atoms with van der Waals surface area (Å²) in [5.41, 5.74) is -0.0808. The molecule has 0 bridgehead atoms. The lowest BCUT2D eigenvalue weighted by Gasteiger charge is -2.32. The molecule has 27 heavy (non-hydrogen) atoms. The fourth-order valence-corrected chi connectivity index (χ4v) is 3.01. The van der Waals surface area contributed by atoms with Gasteiger partial charge in [0.05, 0.1) is 18.8 Å². The quantitative estimate of drug-likeness (QED) is 0.743. The van der Waals surface area contributed by atoms with Gasteiger partial charge in [0.2, 0.25) is 11.8 Å². The summed E-state index contributed by atoms with van der Waals surface area (Å²) in [4.78, 5) is 23.2. The van der Waals surface area contributed by atoms with Crippen LogP contribution in [0.15, 0.2) is 29.0 Å². The van der Waals surface area contributed by atoms with E-state index in [2.05, 4.69) is 32.9 Å². The number of aromatic nitrogens is 3. The highest BCUT2D eigenvalue weighted by atomic mass is 16.5. The van der Waals surface area contributed by atoms with Crippen LogP contribution < -0.4 is 10.6 Å². The Kier molecular flexibility index (Phi) is 7.57. The van der Waals surface area contributed by atoms with Crippen molar-refractivity contribution >= 4 is 17.6 Å². The summed E-state index contributed by atoms with van der Waals surface area (Å²) in [5.74, 6) is 1.17. The largest absolute Gasteiger partial charge is 0.361 e. The van der Waals surface area contributed by atoms with Crippen molar-refractivity contribution in [3.05, 3.63) is 30.3 Å². The number of hydrogen-bond acceptors (Lipinski definition) is 5. The van der Waals surface area contributed by atoms with E-state index in [-0.39, 0.29) is 29.7 Å². The van der Waals surface area contributed by atoms with Gasteiger partial charge in [-0.05, 0) is 26.7 Å². The van der Waals surface area contributed by atoms with Gasteiger partial charge in [0.15, 0.2) is 0 Å². The number of carbonyl (C=O) groups excluding carboxylic acids is 2. The molecule has 2 amide bonds. The van der Waals surface area contributed by atoms with E-state index in [1.807, 2.05) is 13.8 Å². The number of rotatable bonds is 5. The van der Waals surface area contributed by atoms with Crippen LogP contribution in [0.1, 0.15) is 58.6 Å². The maximum atomic E-state index is 11.8. The zero-order valence-corrected chi connectivity index (χ0v) is 16.2. The summed E-state index contributed by atoms with van der Waals surface area (Å²) >= 11 is 0. The molecule has 8 nitrogen and oxygen atoms in total. The molecule has 2 aromatic heterocycles. The highest BCUT2D eigenvalue weighted by molar-refractivity contribution is 5.90. The standard InChI is InChI=1S/C11H21NO.C8H8N4O2/c1-9(2)12-10(13)11(3)7-5-4-6-8-11;13-8(5-6-1-4-10-14-6)11-7-2-3-9-12-7/h9H,4-8H2,1-3H3,(H,12,13);1-4H,5H2,(H2,9,11,12,13). The van der Waals surface area contributed by atoms with E-state index in [0.717, 1.165) is 12.8 Å². The molecule has 0 aromatic carbocycles. The third-order valence-corrected chi connectivity index (χ3v) is 4.53. The highest BCUT2D eigenvalue weighted by Crippen LogP contribution is 2.35. The Bertz CT molecular complexity index is 651. The van der Waals surface area contributed by atoms with E-state index in [4.69, 9.17) is 4.52 Å². The van der Waals surface area contributed by atoms with Crippen molar-refractivity contribution in [2.75, 3.05) is 5.32 Å². The predicted molar refractivity (Wildman–Crippen MR) is 102 cm³/mol. The molecule has 1 aliphatic carbocycles. The Labute approximate surface area is 159 Å². The van der Waals surface area contributed by atoms with E-state index in [1.54, 1.807) is 18.3 Å². The van der Waals surface area contributed by atoms with Crippen LogP contribution >= 0.6 is 0 Å². The fraction of sp³-hybridized carbons (Fsp3) is 0.579. The van der Waals surface area contributed by atoms with Crippen molar-refractivity contribution < 1.29 is 14.1 Å². The molecule has 148 valence electrons. The third kappa shape index (κ3) is 6.88. The number of anilines is 1. The normalized spacial score (nSPS) is 15.6. The lowest BCUT2D eigenvalue weighted by molar-refractivity contribution is -0.132. The molecule has 8 heteroatoms. The van der Waals surface area contributed by atoms with Gasteiger partial charge < -0.3 is 15.2 Å². The number of nitrogens with zero attached hydrogens (tertiary/aromatic N) is 2. The van der Waals surface area contributed by atoms with Crippen molar-refractivity contribution in [1.82, 2.24) is 20.7 Å². The average Bonchev–Trinajstić information content (AvgIpc) is 3.29. The van der Waals surface area contributed by atoms with Crippen molar-refractivity contribution in [2.45, 2.75) is 65.3 Å². The van der Waals surface area contributed by atoms with Crippen LogP contribution in [-0.4, -0.2) is 33.2 Å². The van der Waals surface area contributed by atoms with Crippen LogP contribution in [0.3, 0.4) is 0 Å². The van der Waals surface area contributed by atoms with Crippen LogP contribution in [0.4, 0.5) is 5.82 Å². The van der Waals surface area contributed by atoms with Gasteiger partial charge >= 0.3 is 0 Å². The molecule has 1 aliphatic rings. The Hall–Kier alpha value is -2.64. The fourth-order valence-electron chi connectivity index (χ4n) is 3.01. The maximum Gasteiger partial charge on any atom is 0.233 e. The van der Waals surface area contributed by atoms with Crippen molar-refractivity contribution in [2.24, 2.45) is 5.41 Å². The molecule has 3 N–H and O–H groups in total. The van der Waals surface area contributed by atoms with Gasteiger partial charge in [-0.25, -0.2) is 0 Å². The van der Waals surface area contributed by atoms with E-state index in [0.29, 0.717) is 11.6 Å². The Balaban J connectivity index is 0.000000194. The number of carbonyl (C=O) groups is 2. The van der Waals surface area contributed by atoms with Crippen LogP contribution in [0.5, 0.6) is 0 Å². The Morgan fingerprint density at radius 3 is 2.52 bits per heavy atom. The van der Waals surface area contributed by atoms with Gasteiger partial charge in [-0.3, -0.25) is 14.7 Å². The van der Waals surface area contributed by atoms with Crippen molar-refractivity contribution in [3.8, 4) is 0 Å². The molecular weight excluding hydrogens is 346 g/mol. The molecule has 0 aliphatic heterocycles. The number of aromatic amines is 1. The zero-order valence-electron chi connectivity index (χ0n) is 16.2. The number of amides is 2. The van der Waals surface area contributed by atoms with Crippen LogP contribution in [0.2, 0.25) is 0 Å². The third-order valence-electron chi connectivity index (χ3n) is 4.53. The summed E-state index contributed by atoms with van der Waals surface area (Å²) in [6.45, 7) is 6.14.